The Morgan fingerprint density at radius 2 is 1.42 bits per heavy atom. The molecule has 1 N–H and O–H groups in total. The van der Waals surface area contributed by atoms with Crippen molar-refractivity contribution in [3.63, 3.8) is 0 Å². The van der Waals surface area contributed by atoms with E-state index in [0.717, 1.165) is 22.3 Å². The molecule has 2 aromatic rings. The number of carbonyl (C=O) groups is 1. The Balaban J connectivity index is 2.34. The summed E-state index contributed by atoms with van der Waals surface area (Å²) in [5.74, 6) is -0.886. The Hall–Kier alpha value is -1.13. The fourth-order valence-electron chi connectivity index (χ4n) is 2.66. The van der Waals surface area contributed by atoms with Gasteiger partial charge in [-0.25, -0.2) is 0 Å². The SMILES string of the molecule is O=C(O)C(Br)C1(Br)c2ccccc2-c2ccccc21. The second kappa shape index (κ2) is 4.46. The van der Waals surface area contributed by atoms with Crippen molar-refractivity contribution in [1.29, 1.82) is 0 Å². The molecule has 0 spiro atoms. The molecule has 1 aliphatic rings. The summed E-state index contributed by atoms with van der Waals surface area (Å²) in [4.78, 5) is 10.7. The van der Waals surface area contributed by atoms with E-state index >= 15 is 0 Å². The molecule has 0 aromatic heterocycles. The number of hydrogen-bond acceptors (Lipinski definition) is 1. The summed E-state index contributed by atoms with van der Waals surface area (Å²) >= 11 is 7.00. The molecule has 0 fully saturated rings. The normalized spacial score (nSPS) is 16.5. The third-order valence-corrected chi connectivity index (χ3v) is 6.50. The summed E-state index contributed by atoms with van der Waals surface area (Å²) in [6.45, 7) is 0. The van der Waals surface area contributed by atoms with Gasteiger partial charge in [-0.2, -0.15) is 0 Å². The molecule has 4 heteroatoms. The zero-order chi connectivity index (χ0) is 13.6. The van der Waals surface area contributed by atoms with Crippen LogP contribution < -0.4 is 0 Å². The molecule has 1 aliphatic carbocycles. The van der Waals surface area contributed by atoms with E-state index in [-0.39, 0.29) is 0 Å². The third kappa shape index (κ3) is 1.70. The molecule has 3 rings (SSSR count). The average molecular weight is 382 g/mol. The van der Waals surface area contributed by atoms with Crippen LogP contribution >= 0.6 is 31.9 Å². The van der Waals surface area contributed by atoms with Crippen molar-refractivity contribution < 1.29 is 9.90 Å². The molecule has 1 unspecified atom stereocenters. The number of carboxylic acid groups (broad SMARTS) is 1. The number of alkyl halides is 2. The van der Waals surface area contributed by atoms with E-state index in [1.807, 2.05) is 48.5 Å². The van der Waals surface area contributed by atoms with Crippen LogP contribution in [-0.2, 0) is 9.12 Å². The monoisotopic (exact) mass is 380 g/mol. The second-order valence-corrected chi connectivity index (χ2v) is 6.67. The smallest absolute Gasteiger partial charge is 0.319 e. The van der Waals surface area contributed by atoms with Gasteiger partial charge in [-0.3, -0.25) is 4.79 Å². The zero-order valence-electron chi connectivity index (χ0n) is 9.81. The highest BCUT2D eigenvalue weighted by atomic mass is 79.9. The Morgan fingerprint density at radius 1 is 1.00 bits per heavy atom. The lowest BCUT2D eigenvalue weighted by molar-refractivity contribution is -0.136. The predicted molar refractivity (Wildman–Crippen MR) is 81.9 cm³/mol. The first-order chi connectivity index (χ1) is 9.06. The molecular weight excluding hydrogens is 372 g/mol. The van der Waals surface area contributed by atoms with Crippen LogP contribution in [-0.4, -0.2) is 15.9 Å². The maximum Gasteiger partial charge on any atom is 0.319 e. The summed E-state index contributed by atoms with van der Waals surface area (Å²) in [6, 6.07) is 15.8. The van der Waals surface area contributed by atoms with E-state index in [4.69, 9.17) is 0 Å². The Morgan fingerprint density at radius 3 is 1.84 bits per heavy atom. The van der Waals surface area contributed by atoms with E-state index in [0.29, 0.717) is 0 Å². The standard InChI is InChI=1S/C15H10Br2O2/c16-13(14(18)19)15(17)11-7-3-1-5-9(11)10-6-2-4-8-12(10)15/h1-8,13H,(H,18,19). The van der Waals surface area contributed by atoms with Crippen LogP contribution in [0.3, 0.4) is 0 Å². The number of fused-ring (bicyclic) bond motifs is 3. The van der Waals surface area contributed by atoms with E-state index in [1.165, 1.54) is 0 Å². The van der Waals surface area contributed by atoms with Gasteiger partial charge in [0, 0.05) is 0 Å². The minimum atomic E-state index is -0.886. The highest BCUT2D eigenvalue weighted by molar-refractivity contribution is 9.12. The molecule has 1 atom stereocenters. The van der Waals surface area contributed by atoms with Gasteiger partial charge in [-0.1, -0.05) is 80.4 Å². The average Bonchev–Trinajstić information content (AvgIpc) is 2.70. The second-order valence-electron chi connectivity index (χ2n) is 4.50. The molecule has 0 amide bonds. The Labute approximate surface area is 127 Å². The van der Waals surface area contributed by atoms with Crippen molar-refractivity contribution >= 4 is 37.8 Å². The topological polar surface area (TPSA) is 37.3 Å². The lowest BCUT2D eigenvalue weighted by Crippen LogP contribution is -2.34. The van der Waals surface area contributed by atoms with Gasteiger partial charge in [0.15, 0.2) is 0 Å². The molecule has 96 valence electrons. The fraction of sp³-hybridized carbons (Fsp3) is 0.133. The minimum Gasteiger partial charge on any atom is -0.480 e. The predicted octanol–water partition coefficient (Wildman–Crippen LogP) is 4.15. The van der Waals surface area contributed by atoms with Crippen LogP contribution in [0.2, 0.25) is 0 Å². The van der Waals surface area contributed by atoms with E-state index in [1.54, 1.807) is 0 Å². The lowest BCUT2D eigenvalue weighted by atomic mass is 9.93. The van der Waals surface area contributed by atoms with Gasteiger partial charge < -0.3 is 5.11 Å². The summed E-state index contributed by atoms with van der Waals surface area (Å²) in [5.41, 5.74) is 4.14. The molecule has 0 aliphatic heterocycles. The van der Waals surface area contributed by atoms with E-state index < -0.39 is 15.1 Å². The first-order valence-corrected chi connectivity index (χ1v) is 7.53. The number of halogens is 2. The van der Waals surface area contributed by atoms with Gasteiger partial charge in [0.25, 0.3) is 0 Å². The van der Waals surface area contributed by atoms with Crippen LogP contribution in [0.5, 0.6) is 0 Å². The van der Waals surface area contributed by atoms with Gasteiger partial charge in [0.05, 0.1) is 4.32 Å². The van der Waals surface area contributed by atoms with Crippen LogP contribution in [0, 0.1) is 0 Å². The van der Waals surface area contributed by atoms with Gasteiger partial charge in [0.1, 0.15) is 4.83 Å². The van der Waals surface area contributed by atoms with Crippen molar-refractivity contribution in [2.24, 2.45) is 0 Å². The van der Waals surface area contributed by atoms with Crippen molar-refractivity contribution in [3.05, 3.63) is 59.7 Å². The Kier molecular flexibility index (Phi) is 3.02. The quantitative estimate of drug-likeness (QED) is 0.793. The van der Waals surface area contributed by atoms with Crippen molar-refractivity contribution in [2.75, 3.05) is 0 Å². The number of rotatable bonds is 2. The highest BCUT2D eigenvalue weighted by Gasteiger charge is 2.48. The first-order valence-electron chi connectivity index (χ1n) is 5.82. The first kappa shape index (κ1) is 12.9. The fourth-order valence-corrected chi connectivity index (χ4v) is 4.04. The molecule has 0 saturated heterocycles. The minimum absolute atomic E-state index is 0.730. The van der Waals surface area contributed by atoms with Gasteiger partial charge in [-0.15, -0.1) is 0 Å². The van der Waals surface area contributed by atoms with Crippen LogP contribution in [0.25, 0.3) is 11.1 Å². The molecule has 0 radical (unpaired) electrons. The van der Waals surface area contributed by atoms with Crippen molar-refractivity contribution in [1.82, 2.24) is 0 Å². The molecule has 0 bridgehead atoms. The van der Waals surface area contributed by atoms with Crippen LogP contribution in [0.15, 0.2) is 48.5 Å². The lowest BCUT2D eigenvalue weighted by Gasteiger charge is -2.27. The van der Waals surface area contributed by atoms with Gasteiger partial charge in [-0.05, 0) is 22.3 Å². The number of hydrogen-bond donors (Lipinski definition) is 1. The molecule has 0 heterocycles. The van der Waals surface area contributed by atoms with Gasteiger partial charge in [0.2, 0.25) is 0 Å². The molecule has 19 heavy (non-hydrogen) atoms. The van der Waals surface area contributed by atoms with Crippen LogP contribution in [0.1, 0.15) is 11.1 Å². The maximum atomic E-state index is 11.4. The maximum absolute atomic E-state index is 11.4. The number of benzene rings is 2. The zero-order valence-corrected chi connectivity index (χ0v) is 13.0. The van der Waals surface area contributed by atoms with E-state index in [2.05, 4.69) is 31.9 Å². The van der Waals surface area contributed by atoms with Crippen molar-refractivity contribution in [2.45, 2.75) is 9.15 Å². The van der Waals surface area contributed by atoms with Crippen LogP contribution in [0.4, 0.5) is 0 Å². The molecule has 2 nitrogen and oxygen atoms in total. The molecule has 2 aromatic carbocycles. The molecule has 0 saturated carbocycles. The number of aliphatic carboxylic acids is 1. The summed E-state index contributed by atoms with van der Waals surface area (Å²) in [7, 11) is 0. The summed E-state index contributed by atoms with van der Waals surface area (Å²) < 4.78 is -0.730. The summed E-state index contributed by atoms with van der Waals surface area (Å²) in [5, 5.41) is 9.38. The van der Waals surface area contributed by atoms with E-state index in [9.17, 15) is 9.90 Å². The third-order valence-electron chi connectivity index (χ3n) is 3.49. The van der Waals surface area contributed by atoms with Crippen molar-refractivity contribution in [3.8, 4) is 11.1 Å². The molecular formula is C15H10Br2O2. The highest BCUT2D eigenvalue weighted by Crippen LogP contribution is 2.56. The van der Waals surface area contributed by atoms with Gasteiger partial charge >= 0.3 is 5.97 Å². The Bertz CT molecular complexity index is 621. The largest absolute Gasteiger partial charge is 0.480 e. The summed E-state index contributed by atoms with van der Waals surface area (Å²) in [6.07, 6.45) is 0. The number of carboxylic acids is 1.